The zero-order chi connectivity index (χ0) is 24.7. The van der Waals surface area contributed by atoms with Gasteiger partial charge >= 0.3 is 5.69 Å². The van der Waals surface area contributed by atoms with Gasteiger partial charge in [-0.25, -0.2) is 14.8 Å². The van der Waals surface area contributed by atoms with E-state index in [0.29, 0.717) is 23.6 Å². The SMILES string of the molecule is CCCC(CCCCCC(O)Cn1c(=O)c2c(ncn2C)n(C)c1=O)N(N)Cc1ccccc1. The van der Waals surface area contributed by atoms with Crippen LogP contribution in [-0.2, 0) is 27.2 Å². The number of aliphatic hydroxyl groups is 1. The second kappa shape index (κ2) is 12.1. The van der Waals surface area contributed by atoms with Gasteiger partial charge in [-0.1, -0.05) is 62.9 Å². The molecule has 9 nitrogen and oxygen atoms in total. The highest BCUT2D eigenvalue weighted by atomic mass is 16.3. The van der Waals surface area contributed by atoms with Crippen LogP contribution in [0, 0.1) is 0 Å². The molecule has 1 aromatic carbocycles. The van der Waals surface area contributed by atoms with Crippen molar-refractivity contribution in [1.82, 2.24) is 23.7 Å². The number of unbranched alkanes of at least 4 members (excludes halogenated alkanes) is 2. The fourth-order valence-corrected chi connectivity index (χ4v) is 4.53. The van der Waals surface area contributed by atoms with Gasteiger partial charge in [0, 0.05) is 26.7 Å². The second-order valence-electron chi connectivity index (χ2n) is 9.18. The molecule has 0 aliphatic rings. The molecule has 2 unspecified atom stereocenters. The van der Waals surface area contributed by atoms with Crippen molar-refractivity contribution in [3.63, 3.8) is 0 Å². The number of aryl methyl sites for hydroxylation is 2. The van der Waals surface area contributed by atoms with Gasteiger partial charge in [-0.15, -0.1) is 0 Å². The Morgan fingerprint density at radius 1 is 1.06 bits per heavy atom. The van der Waals surface area contributed by atoms with E-state index < -0.39 is 17.4 Å². The zero-order valence-electron chi connectivity index (χ0n) is 20.6. The number of imidazole rings is 1. The minimum atomic E-state index is -0.758. The summed E-state index contributed by atoms with van der Waals surface area (Å²) >= 11 is 0. The highest BCUT2D eigenvalue weighted by Crippen LogP contribution is 2.16. The molecule has 3 N–H and O–H groups in total. The lowest BCUT2D eigenvalue weighted by atomic mass is 10.0. The molecule has 186 valence electrons. The number of aromatic nitrogens is 4. The van der Waals surface area contributed by atoms with Gasteiger partial charge in [-0.3, -0.25) is 19.8 Å². The Labute approximate surface area is 200 Å². The first-order valence-corrected chi connectivity index (χ1v) is 12.2. The van der Waals surface area contributed by atoms with E-state index in [0.717, 1.165) is 49.6 Å². The average Bonchev–Trinajstić information content (AvgIpc) is 3.21. The van der Waals surface area contributed by atoms with Crippen LogP contribution >= 0.6 is 0 Å². The fourth-order valence-electron chi connectivity index (χ4n) is 4.53. The van der Waals surface area contributed by atoms with Crippen molar-refractivity contribution in [3.8, 4) is 0 Å². The van der Waals surface area contributed by atoms with Crippen molar-refractivity contribution in [2.45, 2.75) is 77.1 Å². The van der Waals surface area contributed by atoms with Gasteiger partial charge in [-0.05, 0) is 24.8 Å². The largest absolute Gasteiger partial charge is 0.391 e. The zero-order valence-corrected chi connectivity index (χ0v) is 20.6. The number of hydrazine groups is 1. The van der Waals surface area contributed by atoms with Gasteiger partial charge in [-0.2, -0.15) is 0 Å². The summed E-state index contributed by atoms with van der Waals surface area (Å²) in [5.74, 6) is 6.39. The van der Waals surface area contributed by atoms with Crippen molar-refractivity contribution in [1.29, 1.82) is 0 Å². The number of nitrogens with zero attached hydrogens (tertiary/aromatic N) is 5. The molecule has 0 amide bonds. The molecular formula is C25H38N6O3. The van der Waals surface area contributed by atoms with Crippen molar-refractivity contribution < 1.29 is 5.11 Å². The lowest BCUT2D eigenvalue weighted by Crippen LogP contribution is -2.42. The van der Waals surface area contributed by atoms with Gasteiger partial charge in [0.1, 0.15) is 0 Å². The fraction of sp³-hybridized carbons (Fsp3) is 0.560. The van der Waals surface area contributed by atoms with E-state index >= 15 is 0 Å². The number of aliphatic hydroxyl groups excluding tert-OH is 1. The molecule has 2 heterocycles. The van der Waals surface area contributed by atoms with Crippen LogP contribution in [0.1, 0.15) is 57.4 Å². The molecular weight excluding hydrogens is 432 g/mol. The van der Waals surface area contributed by atoms with E-state index in [1.54, 1.807) is 18.7 Å². The molecule has 0 aliphatic carbocycles. The molecule has 2 aromatic heterocycles. The van der Waals surface area contributed by atoms with Crippen molar-refractivity contribution in [3.05, 3.63) is 63.1 Å². The summed E-state index contributed by atoms with van der Waals surface area (Å²) in [4.78, 5) is 29.5. The predicted molar refractivity (Wildman–Crippen MR) is 134 cm³/mol. The van der Waals surface area contributed by atoms with Crippen LogP contribution in [-0.4, -0.2) is 40.9 Å². The van der Waals surface area contributed by atoms with Gasteiger partial charge in [0.25, 0.3) is 5.56 Å². The van der Waals surface area contributed by atoms with Gasteiger partial charge < -0.3 is 9.67 Å². The van der Waals surface area contributed by atoms with E-state index in [2.05, 4.69) is 24.0 Å². The topological polar surface area (TPSA) is 111 Å². The number of rotatable bonds is 13. The molecule has 2 atom stereocenters. The third-order valence-electron chi connectivity index (χ3n) is 6.47. The number of nitrogens with two attached hydrogens (primary N) is 1. The lowest BCUT2D eigenvalue weighted by molar-refractivity contribution is 0.136. The predicted octanol–water partition coefficient (Wildman–Crippen LogP) is 2.29. The van der Waals surface area contributed by atoms with Crippen LogP contribution in [0.3, 0.4) is 0 Å². The number of fused-ring (bicyclic) bond motifs is 1. The van der Waals surface area contributed by atoms with Gasteiger partial charge in [0.05, 0.1) is 19.0 Å². The van der Waals surface area contributed by atoms with Gasteiger partial charge in [0.15, 0.2) is 11.2 Å². The molecule has 9 heteroatoms. The van der Waals surface area contributed by atoms with Crippen LogP contribution in [0.25, 0.3) is 11.2 Å². The summed E-state index contributed by atoms with van der Waals surface area (Å²) < 4.78 is 4.07. The molecule has 0 radical (unpaired) electrons. The maximum Gasteiger partial charge on any atom is 0.332 e. The van der Waals surface area contributed by atoms with E-state index in [1.165, 1.54) is 16.5 Å². The van der Waals surface area contributed by atoms with Crippen molar-refractivity contribution >= 4 is 11.2 Å². The first-order chi connectivity index (χ1) is 16.3. The molecule has 0 saturated carbocycles. The summed E-state index contributed by atoms with van der Waals surface area (Å²) in [6.45, 7) is 2.89. The number of benzene rings is 1. The monoisotopic (exact) mass is 470 g/mol. The molecule has 0 bridgehead atoms. The highest BCUT2D eigenvalue weighted by Gasteiger charge is 2.18. The highest BCUT2D eigenvalue weighted by molar-refractivity contribution is 5.69. The summed E-state index contributed by atoms with van der Waals surface area (Å²) in [5, 5.41) is 12.5. The third kappa shape index (κ3) is 6.22. The Kier molecular flexibility index (Phi) is 9.20. The van der Waals surface area contributed by atoms with Gasteiger partial charge in [0.2, 0.25) is 0 Å². The molecule has 0 fully saturated rings. The maximum atomic E-state index is 12.8. The average molecular weight is 471 g/mol. The normalized spacial score (nSPS) is 13.6. The second-order valence-corrected chi connectivity index (χ2v) is 9.18. The Balaban J connectivity index is 1.48. The lowest BCUT2D eigenvalue weighted by Gasteiger charge is -2.27. The van der Waals surface area contributed by atoms with E-state index in [9.17, 15) is 14.7 Å². The van der Waals surface area contributed by atoms with E-state index in [4.69, 9.17) is 5.84 Å². The number of hydrogen-bond donors (Lipinski definition) is 2. The first-order valence-electron chi connectivity index (χ1n) is 12.2. The standard InChI is InChI=1S/C25H38N6O3/c1-4-11-20(31(26)16-19-12-7-5-8-13-19)14-9-6-10-15-21(32)17-30-24(33)22-23(27-18-28(22)2)29(3)25(30)34/h5,7-8,12-13,18,20-21,32H,4,6,9-11,14-17,26H2,1-3H3. The molecule has 0 spiro atoms. The Hall–Kier alpha value is -2.75. The molecule has 0 aliphatic heterocycles. The van der Waals surface area contributed by atoms with Crippen LogP contribution in [0.15, 0.2) is 46.2 Å². The third-order valence-corrected chi connectivity index (χ3v) is 6.47. The maximum absolute atomic E-state index is 12.8. The first kappa shape index (κ1) is 25.9. The van der Waals surface area contributed by atoms with Crippen LogP contribution in [0.5, 0.6) is 0 Å². The molecule has 34 heavy (non-hydrogen) atoms. The Morgan fingerprint density at radius 3 is 2.47 bits per heavy atom. The Morgan fingerprint density at radius 2 is 1.76 bits per heavy atom. The molecule has 0 saturated heterocycles. The van der Waals surface area contributed by atoms with Crippen molar-refractivity contribution in [2.24, 2.45) is 19.9 Å². The van der Waals surface area contributed by atoms with Crippen LogP contribution in [0.4, 0.5) is 0 Å². The van der Waals surface area contributed by atoms with Crippen molar-refractivity contribution in [2.75, 3.05) is 0 Å². The molecule has 3 aromatic rings. The minimum absolute atomic E-state index is 0.0151. The molecule has 3 rings (SSSR count). The quantitative estimate of drug-likeness (QED) is 0.225. The summed E-state index contributed by atoms with van der Waals surface area (Å²) in [6, 6.07) is 10.6. The minimum Gasteiger partial charge on any atom is -0.391 e. The van der Waals surface area contributed by atoms with E-state index in [-0.39, 0.29) is 6.54 Å². The Bertz CT molecular complexity index is 1170. The number of hydrogen-bond acceptors (Lipinski definition) is 6. The van der Waals surface area contributed by atoms with E-state index in [1.807, 2.05) is 23.2 Å². The van der Waals surface area contributed by atoms with Crippen LogP contribution < -0.4 is 17.1 Å². The van der Waals surface area contributed by atoms with Crippen LogP contribution in [0.2, 0.25) is 0 Å². The summed E-state index contributed by atoms with van der Waals surface area (Å²) in [5.41, 5.74) is 1.05. The summed E-state index contributed by atoms with van der Waals surface area (Å²) in [6.07, 6.45) is 7.23. The summed E-state index contributed by atoms with van der Waals surface area (Å²) in [7, 11) is 3.31. The smallest absolute Gasteiger partial charge is 0.332 e.